The van der Waals surface area contributed by atoms with Crippen molar-refractivity contribution in [2.45, 2.75) is 26.4 Å². The van der Waals surface area contributed by atoms with Crippen molar-refractivity contribution in [1.82, 2.24) is 15.2 Å². The average molecular weight is 361 g/mol. The van der Waals surface area contributed by atoms with Gasteiger partial charge < -0.3 is 15.0 Å². The number of hydrogen-bond acceptors (Lipinski definition) is 5. The molecule has 2 amide bonds. The predicted octanol–water partition coefficient (Wildman–Crippen LogP) is 2.81. The summed E-state index contributed by atoms with van der Waals surface area (Å²) in [5.74, 6) is 0.510. The number of nitrogens with one attached hydrogen (secondary N) is 1. The summed E-state index contributed by atoms with van der Waals surface area (Å²) >= 11 is 1.41. The summed E-state index contributed by atoms with van der Waals surface area (Å²) in [7, 11) is 3.38. The van der Waals surface area contributed by atoms with Gasteiger partial charge in [-0.15, -0.1) is 11.3 Å². The Kier molecular flexibility index (Phi) is 6.52. The van der Waals surface area contributed by atoms with E-state index in [0.29, 0.717) is 12.2 Å². The number of carbonyl (C=O) groups is 2. The molecule has 25 heavy (non-hydrogen) atoms. The van der Waals surface area contributed by atoms with E-state index >= 15 is 0 Å². The van der Waals surface area contributed by atoms with Crippen molar-refractivity contribution < 1.29 is 14.3 Å². The van der Waals surface area contributed by atoms with Crippen LogP contribution in [0.15, 0.2) is 29.6 Å². The lowest BCUT2D eigenvalue weighted by molar-refractivity contribution is -0.128. The largest absolute Gasteiger partial charge is 0.491 e. The van der Waals surface area contributed by atoms with Crippen LogP contribution in [-0.4, -0.2) is 48.4 Å². The third-order valence-corrected chi connectivity index (χ3v) is 4.22. The Morgan fingerprint density at radius 2 is 1.92 bits per heavy atom. The van der Waals surface area contributed by atoms with Crippen LogP contribution in [0.5, 0.6) is 5.75 Å². The molecular formula is C18H23N3O3S. The SMILES string of the molecule is CC(C)Oc1ccc(-c2nc(C(=O)NCCC(=O)N(C)C)cs2)cc1. The maximum Gasteiger partial charge on any atom is 0.270 e. The Labute approximate surface area is 151 Å². The highest BCUT2D eigenvalue weighted by Crippen LogP contribution is 2.26. The van der Waals surface area contributed by atoms with Gasteiger partial charge in [0.05, 0.1) is 6.10 Å². The van der Waals surface area contributed by atoms with Crippen molar-refractivity contribution in [3.63, 3.8) is 0 Å². The van der Waals surface area contributed by atoms with Gasteiger partial charge in [-0.2, -0.15) is 0 Å². The first-order valence-corrected chi connectivity index (χ1v) is 8.95. The summed E-state index contributed by atoms with van der Waals surface area (Å²) in [6.45, 7) is 4.25. The fourth-order valence-corrected chi connectivity index (χ4v) is 2.86. The topological polar surface area (TPSA) is 71.5 Å². The van der Waals surface area contributed by atoms with Crippen LogP contribution in [0, 0.1) is 0 Å². The molecule has 1 N–H and O–H groups in total. The molecule has 2 aromatic rings. The van der Waals surface area contributed by atoms with Gasteiger partial charge >= 0.3 is 0 Å². The number of ether oxygens (including phenoxy) is 1. The van der Waals surface area contributed by atoms with E-state index in [9.17, 15) is 9.59 Å². The zero-order valence-electron chi connectivity index (χ0n) is 14.9. The molecule has 0 aliphatic rings. The van der Waals surface area contributed by atoms with Crippen LogP contribution in [0.2, 0.25) is 0 Å². The second-order valence-corrected chi connectivity index (χ2v) is 6.88. The minimum absolute atomic E-state index is 0.0250. The molecule has 2 rings (SSSR count). The lowest BCUT2D eigenvalue weighted by Crippen LogP contribution is -2.30. The van der Waals surface area contributed by atoms with Crippen molar-refractivity contribution in [2.24, 2.45) is 0 Å². The monoisotopic (exact) mass is 361 g/mol. The van der Waals surface area contributed by atoms with Gasteiger partial charge in [0, 0.05) is 38.0 Å². The van der Waals surface area contributed by atoms with Crippen LogP contribution < -0.4 is 10.1 Å². The summed E-state index contributed by atoms with van der Waals surface area (Å²) in [4.78, 5) is 29.5. The number of carbonyl (C=O) groups excluding carboxylic acids is 2. The van der Waals surface area contributed by atoms with E-state index in [1.807, 2.05) is 38.1 Å². The normalized spacial score (nSPS) is 10.6. The van der Waals surface area contributed by atoms with Crippen molar-refractivity contribution in [1.29, 1.82) is 0 Å². The van der Waals surface area contributed by atoms with E-state index in [1.54, 1.807) is 19.5 Å². The van der Waals surface area contributed by atoms with Crippen LogP contribution in [0.25, 0.3) is 10.6 Å². The molecule has 0 radical (unpaired) electrons. The van der Waals surface area contributed by atoms with E-state index < -0.39 is 0 Å². The third-order valence-electron chi connectivity index (χ3n) is 3.33. The Bertz CT molecular complexity index is 723. The van der Waals surface area contributed by atoms with Crippen LogP contribution in [0.3, 0.4) is 0 Å². The molecule has 134 valence electrons. The van der Waals surface area contributed by atoms with Gasteiger partial charge in [0.25, 0.3) is 5.91 Å². The number of nitrogens with zero attached hydrogens (tertiary/aromatic N) is 2. The fraction of sp³-hybridized carbons (Fsp3) is 0.389. The van der Waals surface area contributed by atoms with Crippen LogP contribution in [0.1, 0.15) is 30.8 Å². The van der Waals surface area contributed by atoms with Gasteiger partial charge in [-0.1, -0.05) is 0 Å². The molecule has 1 aromatic heterocycles. The van der Waals surface area contributed by atoms with Gasteiger partial charge in [0.1, 0.15) is 16.5 Å². The van der Waals surface area contributed by atoms with Gasteiger partial charge in [0.2, 0.25) is 5.91 Å². The minimum Gasteiger partial charge on any atom is -0.491 e. The maximum atomic E-state index is 12.1. The maximum absolute atomic E-state index is 12.1. The highest BCUT2D eigenvalue weighted by Gasteiger charge is 2.12. The molecule has 0 bridgehead atoms. The van der Waals surface area contributed by atoms with Crippen molar-refractivity contribution >= 4 is 23.2 Å². The number of amides is 2. The van der Waals surface area contributed by atoms with E-state index in [0.717, 1.165) is 16.3 Å². The summed E-state index contributed by atoms with van der Waals surface area (Å²) in [5, 5.41) is 5.21. The third kappa shape index (κ3) is 5.56. The molecule has 1 heterocycles. The van der Waals surface area contributed by atoms with Gasteiger partial charge in [-0.3, -0.25) is 9.59 Å². The lowest BCUT2D eigenvalue weighted by atomic mass is 10.2. The summed E-state index contributed by atoms with van der Waals surface area (Å²) in [6.07, 6.45) is 0.396. The first-order valence-electron chi connectivity index (χ1n) is 8.07. The highest BCUT2D eigenvalue weighted by atomic mass is 32.1. The number of hydrogen-bond donors (Lipinski definition) is 1. The minimum atomic E-state index is -0.270. The Morgan fingerprint density at radius 1 is 1.24 bits per heavy atom. The summed E-state index contributed by atoms with van der Waals surface area (Å²) in [6, 6.07) is 7.63. The molecule has 1 aromatic carbocycles. The molecule has 0 atom stereocenters. The smallest absolute Gasteiger partial charge is 0.270 e. The Morgan fingerprint density at radius 3 is 2.52 bits per heavy atom. The van der Waals surface area contributed by atoms with E-state index in [-0.39, 0.29) is 24.3 Å². The standard InChI is InChI=1S/C18H23N3O3S/c1-12(2)24-14-7-5-13(6-8-14)18-20-15(11-25-18)17(23)19-10-9-16(22)21(3)4/h5-8,11-12H,9-10H2,1-4H3,(H,19,23). The van der Waals surface area contributed by atoms with E-state index in [1.165, 1.54) is 16.2 Å². The van der Waals surface area contributed by atoms with Crippen molar-refractivity contribution in [3.8, 4) is 16.3 Å². The molecule has 0 fully saturated rings. The van der Waals surface area contributed by atoms with Gasteiger partial charge in [-0.25, -0.2) is 4.98 Å². The number of aromatic nitrogens is 1. The molecule has 0 saturated carbocycles. The Hall–Kier alpha value is -2.41. The highest BCUT2D eigenvalue weighted by molar-refractivity contribution is 7.13. The van der Waals surface area contributed by atoms with Gasteiger partial charge in [0.15, 0.2) is 0 Å². The summed E-state index contributed by atoms with van der Waals surface area (Å²) < 4.78 is 5.62. The molecule has 0 unspecified atom stereocenters. The molecule has 6 nitrogen and oxygen atoms in total. The number of benzene rings is 1. The first-order chi connectivity index (χ1) is 11.9. The van der Waals surface area contributed by atoms with Crippen molar-refractivity contribution in [3.05, 3.63) is 35.3 Å². The van der Waals surface area contributed by atoms with Crippen LogP contribution in [0.4, 0.5) is 0 Å². The predicted molar refractivity (Wildman–Crippen MR) is 99.0 cm³/mol. The van der Waals surface area contributed by atoms with Crippen LogP contribution in [-0.2, 0) is 4.79 Å². The quantitative estimate of drug-likeness (QED) is 0.823. The Balaban J connectivity index is 1.95. The lowest BCUT2D eigenvalue weighted by Gasteiger charge is -2.10. The average Bonchev–Trinajstić information content (AvgIpc) is 3.04. The number of thiazole rings is 1. The van der Waals surface area contributed by atoms with E-state index in [2.05, 4.69) is 10.3 Å². The molecule has 0 aliphatic carbocycles. The zero-order valence-corrected chi connectivity index (χ0v) is 15.7. The zero-order chi connectivity index (χ0) is 18.4. The molecule has 0 spiro atoms. The second-order valence-electron chi connectivity index (χ2n) is 6.02. The second kappa shape index (κ2) is 8.62. The molecule has 7 heteroatoms. The van der Waals surface area contributed by atoms with Gasteiger partial charge in [-0.05, 0) is 38.1 Å². The van der Waals surface area contributed by atoms with Crippen molar-refractivity contribution in [2.75, 3.05) is 20.6 Å². The van der Waals surface area contributed by atoms with E-state index in [4.69, 9.17) is 4.74 Å². The molecule has 0 saturated heterocycles. The summed E-state index contributed by atoms with van der Waals surface area (Å²) in [5.41, 5.74) is 1.29. The molecule has 0 aliphatic heterocycles. The first kappa shape index (κ1) is 18.9. The fourth-order valence-electron chi connectivity index (χ4n) is 2.06. The van der Waals surface area contributed by atoms with Crippen LogP contribution >= 0.6 is 11.3 Å². The number of rotatable bonds is 7. The molecular weight excluding hydrogens is 338 g/mol.